The molecule has 0 amide bonds. The number of ether oxygens (including phenoxy) is 1. The highest BCUT2D eigenvalue weighted by Gasteiger charge is 2.02. The lowest BCUT2D eigenvalue weighted by Gasteiger charge is -2.03. The highest BCUT2D eigenvalue weighted by Crippen LogP contribution is 2.10. The average Bonchev–Trinajstić information content (AvgIpc) is 2.75. The molecule has 0 radical (unpaired) electrons. The molecule has 0 unspecified atom stereocenters. The Morgan fingerprint density at radius 1 is 0.862 bits per heavy atom. The Labute approximate surface area is 178 Å². The Bertz CT molecular complexity index is 551. The van der Waals surface area contributed by atoms with Crippen LogP contribution in [0, 0.1) is 0 Å². The second-order valence-electron chi connectivity index (χ2n) is 7.70. The van der Waals surface area contributed by atoms with Gasteiger partial charge in [-0.3, -0.25) is 9.78 Å². The minimum absolute atomic E-state index is 0.133. The molecule has 1 heterocycles. The van der Waals surface area contributed by atoms with Crippen molar-refractivity contribution in [3.63, 3.8) is 0 Å². The van der Waals surface area contributed by atoms with Gasteiger partial charge in [-0.25, -0.2) is 0 Å². The zero-order chi connectivity index (χ0) is 20.8. The summed E-state index contributed by atoms with van der Waals surface area (Å²) in [5.74, 6) is -0.133. The predicted octanol–water partition coefficient (Wildman–Crippen LogP) is 7.72. The van der Waals surface area contributed by atoms with Crippen molar-refractivity contribution in [1.29, 1.82) is 0 Å². The Balaban J connectivity index is 1.85. The third-order valence-corrected chi connectivity index (χ3v) is 4.93. The van der Waals surface area contributed by atoms with E-state index in [0.717, 1.165) is 31.2 Å². The van der Waals surface area contributed by atoms with Crippen LogP contribution in [-0.2, 0) is 16.1 Å². The molecular formula is C26H41NO2. The monoisotopic (exact) mass is 399 g/mol. The first-order valence-electron chi connectivity index (χ1n) is 11.7. The quantitative estimate of drug-likeness (QED) is 0.144. The molecule has 1 aromatic heterocycles. The Morgan fingerprint density at radius 3 is 2.14 bits per heavy atom. The van der Waals surface area contributed by atoms with Gasteiger partial charge >= 0.3 is 5.97 Å². The number of carbonyl (C=O) groups excluding carboxylic acids is 1. The molecule has 0 aliphatic rings. The zero-order valence-corrected chi connectivity index (χ0v) is 18.5. The molecular weight excluding hydrogens is 358 g/mol. The van der Waals surface area contributed by atoms with Gasteiger partial charge in [-0.1, -0.05) is 82.2 Å². The average molecular weight is 400 g/mol. The van der Waals surface area contributed by atoms with Crippen molar-refractivity contribution < 1.29 is 9.53 Å². The smallest absolute Gasteiger partial charge is 0.306 e. The lowest BCUT2D eigenvalue weighted by atomic mass is 10.1. The van der Waals surface area contributed by atoms with Crippen molar-refractivity contribution in [3.8, 4) is 0 Å². The lowest BCUT2D eigenvalue weighted by Crippen LogP contribution is -2.04. The van der Waals surface area contributed by atoms with E-state index < -0.39 is 0 Å². The number of rotatable bonds is 18. The van der Waals surface area contributed by atoms with Crippen LogP contribution in [0.25, 0.3) is 0 Å². The number of nitrogens with zero attached hydrogens (tertiary/aromatic N) is 1. The maximum absolute atomic E-state index is 11.7. The first-order valence-corrected chi connectivity index (χ1v) is 11.7. The highest BCUT2D eigenvalue weighted by atomic mass is 16.5. The van der Waals surface area contributed by atoms with E-state index in [2.05, 4.69) is 36.2 Å². The van der Waals surface area contributed by atoms with Gasteiger partial charge < -0.3 is 4.74 Å². The highest BCUT2D eigenvalue weighted by molar-refractivity contribution is 5.69. The fraction of sp³-hybridized carbons (Fsp3) is 0.615. The summed E-state index contributed by atoms with van der Waals surface area (Å²) in [6.07, 6.45) is 29.2. The van der Waals surface area contributed by atoms with Gasteiger partial charge in [-0.05, 0) is 44.6 Å². The van der Waals surface area contributed by atoms with Gasteiger partial charge in [-0.15, -0.1) is 0 Å². The van der Waals surface area contributed by atoms with Crippen LogP contribution in [0.5, 0.6) is 0 Å². The van der Waals surface area contributed by atoms with E-state index in [1.54, 1.807) is 12.4 Å². The summed E-state index contributed by atoms with van der Waals surface area (Å²) < 4.78 is 5.24. The minimum atomic E-state index is -0.133. The molecule has 0 saturated heterocycles. The minimum Gasteiger partial charge on any atom is -0.461 e. The van der Waals surface area contributed by atoms with E-state index in [-0.39, 0.29) is 5.97 Å². The molecule has 0 saturated carbocycles. The Morgan fingerprint density at radius 2 is 1.48 bits per heavy atom. The van der Waals surface area contributed by atoms with Gasteiger partial charge in [0.2, 0.25) is 0 Å². The molecule has 3 heteroatoms. The van der Waals surface area contributed by atoms with Crippen molar-refractivity contribution in [2.45, 2.75) is 103 Å². The second-order valence-corrected chi connectivity index (χ2v) is 7.70. The van der Waals surface area contributed by atoms with Gasteiger partial charge in [0.25, 0.3) is 0 Å². The normalized spacial score (nSPS) is 11.5. The fourth-order valence-electron chi connectivity index (χ4n) is 3.14. The van der Waals surface area contributed by atoms with E-state index in [4.69, 9.17) is 4.74 Å². The van der Waals surface area contributed by atoms with Crippen molar-refractivity contribution in [2.75, 3.05) is 0 Å². The van der Waals surface area contributed by atoms with E-state index >= 15 is 0 Å². The SMILES string of the molecule is CCCCCCCCCC/C=C\CC/C=C\CCCC(=O)OCc1cccnc1. The van der Waals surface area contributed by atoms with Gasteiger partial charge in [-0.2, -0.15) is 0 Å². The molecule has 3 nitrogen and oxygen atoms in total. The molecule has 0 atom stereocenters. The molecule has 29 heavy (non-hydrogen) atoms. The second kappa shape index (κ2) is 19.4. The first-order chi connectivity index (χ1) is 14.3. The molecule has 1 rings (SSSR count). The molecule has 0 aliphatic heterocycles. The molecule has 0 aliphatic carbocycles. The summed E-state index contributed by atoms with van der Waals surface area (Å²) in [5.41, 5.74) is 0.927. The van der Waals surface area contributed by atoms with Crippen LogP contribution < -0.4 is 0 Å². The summed E-state index contributed by atoms with van der Waals surface area (Å²) in [6.45, 7) is 2.58. The Hall–Kier alpha value is -1.90. The lowest BCUT2D eigenvalue weighted by molar-refractivity contribution is -0.145. The van der Waals surface area contributed by atoms with Gasteiger partial charge in [0.05, 0.1) is 0 Å². The zero-order valence-electron chi connectivity index (χ0n) is 18.5. The first kappa shape index (κ1) is 25.1. The molecule has 0 spiro atoms. The predicted molar refractivity (Wildman–Crippen MR) is 123 cm³/mol. The van der Waals surface area contributed by atoms with Gasteiger partial charge in [0, 0.05) is 24.4 Å². The van der Waals surface area contributed by atoms with E-state index in [1.165, 1.54) is 57.8 Å². The summed E-state index contributed by atoms with van der Waals surface area (Å²) in [4.78, 5) is 15.7. The van der Waals surface area contributed by atoms with Gasteiger partial charge in [0.15, 0.2) is 0 Å². The maximum atomic E-state index is 11.7. The molecule has 1 aromatic rings. The maximum Gasteiger partial charge on any atom is 0.306 e. The number of pyridine rings is 1. The van der Waals surface area contributed by atoms with Crippen molar-refractivity contribution >= 4 is 5.97 Å². The third-order valence-electron chi connectivity index (χ3n) is 4.93. The van der Waals surface area contributed by atoms with Crippen LogP contribution in [0.3, 0.4) is 0 Å². The number of hydrogen-bond donors (Lipinski definition) is 0. The number of hydrogen-bond acceptors (Lipinski definition) is 3. The topological polar surface area (TPSA) is 39.2 Å². The molecule has 162 valence electrons. The van der Waals surface area contributed by atoms with E-state index in [1.807, 2.05) is 12.1 Å². The summed E-state index contributed by atoms with van der Waals surface area (Å²) in [6, 6.07) is 3.76. The Kier molecular flexibility index (Phi) is 16.8. The van der Waals surface area contributed by atoms with Crippen LogP contribution in [-0.4, -0.2) is 11.0 Å². The number of esters is 1. The van der Waals surface area contributed by atoms with Crippen LogP contribution in [0.2, 0.25) is 0 Å². The summed E-state index contributed by atoms with van der Waals surface area (Å²) in [5, 5.41) is 0. The number of unbranched alkanes of at least 4 members (excludes halogenated alkanes) is 10. The third kappa shape index (κ3) is 16.7. The molecule has 0 N–H and O–H groups in total. The summed E-state index contributed by atoms with van der Waals surface area (Å²) >= 11 is 0. The molecule has 0 aromatic carbocycles. The van der Waals surface area contributed by atoms with Gasteiger partial charge in [0.1, 0.15) is 6.61 Å². The number of allylic oxidation sites excluding steroid dienone is 4. The molecule has 0 fully saturated rings. The van der Waals surface area contributed by atoms with E-state index in [0.29, 0.717) is 13.0 Å². The van der Waals surface area contributed by atoms with Crippen molar-refractivity contribution in [3.05, 3.63) is 54.4 Å². The molecule has 0 bridgehead atoms. The van der Waals surface area contributed by atoms with Crippen LogP contribution >= 0.6 is 0 Å². The largest absolute Gasteiger partial charge is 0.461 e. The van der Waals surface area contributed by atoms with Crippen LogP contribution in [0.4, 0.5) is 0 Å². The fourth-order valence-corrected chi connectivity index (χ4v) is 3.14. The van der Waals surface area contributed by atoms with E-state index in [9.17, 15) is 4.79 Å². The standard InChI is InChI=1S/C26H41NO2/c1-2-3-4-5-6-7-8-9-10-11-12-13-14-15-16-17-18-21-26(28)29-24-25-20-19-22-27-23-25/h11-12,15-16,19-20,22-23H,2-10,13-14,17-18,21,24H2,1H3/b12-11-,16-15-. The van der Waals surface area contributed by atoms with Crippen LogP contribution in [0.15, 0.2) is 48.8 Å². The summed E-state index contributed by atoms with van der Waals surface area (Å²) in [7, 11) is 0. The van der Waals surface area contributed by atoms with Crippen LogP contribution in [0.1, 0.15) is 102 Å². The van der Waals surface area contributed by atoms with Crippen molar-refractivity contribution in [1.82, 2.24) is 4.98 Å². The van der Waals surface area contributed by atoms with Crippen molar-refractivity contribution in [2.24, 2.45) is 0 Å². The number of carbonyl (C=O) groups is 1. The number of aromatic nitrogens is 1.